The number of hydrogen-bond donors (Lipinski definition) is 1. The predicted molar refractivity (Wildman–Crippen MR) is 99.2 cm³/mol. The van der Waals surface area contributed by atoms with Gasteiger partial charge in [0.15, 0.2) is 0 Å². The average molecular weight is 377 g/mol. The number of methoxy groups -OCH3 is 1. The van der Waals surface area contributed by atoms with E-state index in [0.717, 1.165) is 26.1 Å². The monoisotopic (exact) mass is 376 g/mol. The molecule has 138 valence electrons. The minimum Gasteiger partial charge on any atom is -0.495 e. The molecule has 1 saturated heterocycles. The van der Waals surface area contributed by atoms with Gasteiger partial charge in [0.1, 0.15) is 5.75 Å². The second-order valence-corrected chi connectivity index (χ2v) is 6.46. The minimum absolute atomic E-state index is 0.269. The molecule has 0 saturated carbocycles. The van der Waals surface area contributed by atoms with Gasteiger partial charge in [0.25, 0.3) is 5.91 Å². The van der Waals surface area contributed by atoms with E-state index >= 15 is 0 Å². The van der Waals surface area contributed by atoms with E-state index in [9.17, 15) is 4.79 Å². The number of rotatable bonds is 6. The summed E-state index contributed by atoms with van der Waals surface area (Å²) in [7, 11) is 1.54. The summed E-state index contributed by atoms with van der Waals surface area (Å²) in [5.41, 5.74) is 1.02. The fourth-order valence-electron chi connectivity index (χ4n) is 2.66. The van der Waals surface area contributed by atoms with E-state index in [2.05, 4.69) is 10.3 Å². The number of benzene rings is 1. The molecule has 0 bridgehead atoms. The summed E-state index contributed by atoms with van der Waals surface area (Å²) in [6.45, 7) is 2.19. The number of ether oxygens (including phenoxy) is 3. The number of amides is 1. The molecule has 2 aromatic rings. The molecule has 1 aliphatic rings. The van der Waals surface area contributed by atoms with E-state index in [4.69, 9.17) is 25.8 Å². The zero-order valence-corrected chi connectivity index (χ0v) is 15.3. The number of hydrogen-bond acceptors (Lipinski definition) is 5. The van der Waals surface area contributed by atoms with Crippen molar-refractivity contribution in [3.05, 3.63) is 47.1 Å². The number of aromatic nitrogens is 1. The van der Waals surface area contributed by atoms with E-state index < -0.39 is 0 Å². The summed E-state index contributed by atoms with van der Waals surface area (Å²) in [5, 5.41) is 3.21. The number of pyridine rings is 1. The first kappa shape index (κ1) is 18.5. The van der Waals surface area contributed by atoms with Crippen molar-refractivity contribution in [2.24, 2.45) is 5.92 Å². The van der Waals surface area contributed by atoms with Crippen LogP contribution in [0.25, 0.3) is 0 Å². The Balaban J connectivity index is 1.55. The molecule has 3 rings (SSSR count). The summed E-state index contributed by atoms with van der Waals surface area (Å²) in [5.74, 6) is 1.29. The molecule has 0 radical (unpaired) electrons. The molecule has 1 N–H and O–H groups in total. The minimum atomic E-state index is -0.269. The van der Waals surface area contributed by atoms with Crippen molar-refractivity contribution in [1.82, 2.24) is 4.98 Å². The van der Waals surface area contributed by atoms with Crippen molar-refractivity contribution in [2.45, 2.75) is 12.8 Å². The van der Waals surface area contributed by atoms with Crippen molar-refractivity contribution in [3.8, 4) is 11.6 Å². The molecule has 1 amide bonds. The quantitative estimate of drug-likeness (QED) is 0.830. The van der Waals surface area contributed by atoms with Crippen molar-refractivity contribution in [1.29, 1.82) is 0 Å². The molecule has 26 heavy (non-hydrogen) atoms. The van der Waals surface area contributed by atoms with Crippen LogP contribution in [-0.4, -0.2) is 37.8 Å². The molecule has 0 spiro atoms. The van der Waals surface area contributed by atoms with Crippen molar-refractivity contribution < 1.29 is 19.0 Å². The van der Waals surface area contributed by atoms with E-state index in [1.165, 1.54) is 13.3 Å². The second-order valence-electron chi connectivity index (χ2n) is 6.06. The van der Waals surface area contributed by atoms with Crippen LogP contribution in [0, 0.1) is 5.92 Å². The highest BCUT2D eigenvalue weighted by molar-refractivity contribution is 6.32. The van der Waals surface area contributed by atoms with Crippen LogP contribution in [0.5, 0.6) is 11.6 Å². The van der Waals surface area contributed by atoms with Gasteiger partial charge in [-0.2, -0.15) is 0 Å². The van der Waals surface area contributed by atoms with E-state index in [0.29, 0.717) is 40.4 Å². The predicted octanol–water partition coefficient (Wildman–Crippen LogP) is 3.80. The number of nitrogens with zero attached hydrogens (tertiary/aromatic N) is 1. The standard InChI is InChI=1S/C19H21ClN2O4/c1-24-17-4-3-15(10-16(17)20)22-19(23)14-2-5-18(21-11-14)26-12-13-6-8-25-9-7-13/h2-5,10-11,13H,6-9,12H2,1H3,(H,22,23). The van der Waals surface area contributed by atoms with E-state index in [1.807, 2.05) is 0 Å². The highest BCUT2D eigenvalue weighted by atomic mass is 35.5. The van der Waals surface area contributed by atoms with Crippen molar-refractivity contribution in [3.63, 3.8) is 0 Å². The first-order valence-electron chi connectivity index (χ1n) is 8.47. The van der Waals surface area contributed by atoms with Gasteiger partial charge in [-0.15, -0.1) is 0 Å². The molecule has 6 nitrogen and oxygen atoms in total. The SMILES string of the molecule is COc1ccc(NC(=O)c2ccc(OCC3CCOCC3)nc2)cc1Cl. The largest absolute Gasteiger partial charge is 0.495 e. The van der Waals surface area contributed by atoms with Crippen LogP contribution in [0.3, 0.4) is 0 Å². The number of halogens is 1. The van der Waals surface area contributed by atoms with Crippen molar-refractivity contribution >= 4 is 23.2 Å². The van der Waals surface area contributed by atoms with Crippen LogP contribution in [0.2, 0.25) is 5.02 Å². The molecule has 1 aromatic carbocycles. The molecule has 1 fully saturated rings. The molecule has 0 unspecified atom stereocenters. The van der Waals surface area contributed by atoms with Gasteiger partial charge in [-0.1, -0.05) is 11.6 Å². The zero-order chi connectivity index (χ0) is 18.4. The first-order valence-corrected chi connectivity index (χ1v) is 8.85. The number of carbonyl (C=O) groups excluding carboxylic acids is 1. The van der Waals surface area contributed by atoms with Gasteiger partial charge in [0.05, 0.1) is 24.3 Å². The second kappa shape index (κ2) is 8.87. The Labute approximate surface area is 157 Å². The Hall–Kier alpha value is -2.31. The smallest absolute Gasteiger partial charge is 0.257 e. The summed E-state index contributed by atoms with van der Waals surface area (Å²) >= 11 is 6.07. The normalized spacial score (nSPS) is 14.7. The Morgan fingerprint density at radius 2 is 2.12 bits per heavy atom. The lowest BCUT2D eigenvalue weighted by molar-refractivity contribution is 0.0490. The van der Waals surface area contributed by atoms with Crippen LogP contribution < -0.4 is 14.8 Å². The third kappa shape index (κ3) is 4.86. The molecule has 1 aliphatic heterocycles. The Kier molecular flexibility index (Phi) is 6.30. The van der Waals surface area contributed by atoms with Gasteiger partial charge >= 0.3 is 0 Å². The Morgan fingerprint density at radius 1 is 1.31 bits per heavy atom. The average Bonchev–Trinajstić information content (AvgIpc) is 2.68. The fraction of sp³-hybridized carbons (Fsp3) is 0.368. The van der Waals surface area contributed by atoms with Gasteiger partial charge in [-0.05, 0) is 43.0 Å². The summed E-state index contributed by atoms with van der Waals surface area (Å²) in [4.78, 5) is 16.5. The third-order valence-electron chi connectivity index (χ3n) is 4.22. The van der Waals surface area contributed by atoms with Crippen LogP contribution in [-0.2, 0) is 4.74 Å². The fourth-order valence-corrected chi connectivity index (χ4v) is 2.92. The lowest BCUT2D eigenvalue weighted by atomic mass is 10.0. The molecule has 0 atom stereocenters. The van der Waals surface area contributed by atoms with E-state index in [-0.39, 0.29) is 5.91 Å². The summed E-state index contributed by atoms with van der Waals surface area (Å²) < 4.78 is 16.1. The maximum Gasteiger partial charge on any atom is 0.257 e. The summed E-state index contributed by atoms with van der Waals surface area (Å²) in [6.07, 6.45) is 3.51. The van der Waals surface area contributed by atoms with Crippen LogP contribution >= 0.6 is 11.6 Å². The van der Waals surface area contributed by atoms with Crippen LogP contribution in [0.1, 0.15) is 23.2 Å². The highest BCUT2D eigenvalue weighted by Crippen LogP contribution is 2.27. The lowest BCUT2D eigenvalue weighted by Crippen LogP contribution is -2.21. The number of anilines is 1. The Morgan fingerprint density at radius 3 is 2.77 bits per heavy atom. The highest BCUT2D eigenvalue weighted by Gasteiger charge is 2.15. The molecular formula is C19H21ClN2O4. The van der Waals surface area contributed by atoms with E-state index in [1.54, 1.807) is 30.3 Å². The van der Waals surface area contributed by atoms with Gasteiger partial charge < -0.3 is 19.5 Å². The van der Waals surface area contributed by atoms with Gasteiger partial charge in [-0.3, -0.25) is 4.79 Å². The summed E-state index contributed by atoms with van der Waals surface area (Å²) in [6, 6.07) is 8.45. The molecule has 7 heteroatoms. The molecule has 2 heterocycles. The maximum atomic E-state index is 12.3. The zero-order valence-electron chi connectivity index (χ0n) is 14.5. The Bertz CT molecular complexity index is 746. The molecule has 0 aliphatic carbocycles. The molecule has 1 aromatic heterocycles. The maximum absolute atomic E-state index is 12.3. The van der Waals surface area contributed by atoms with Gasteiger partial charge in [0, 0.05) is 31.2 Å². The third-order valence-corrected chi connectivity index (χ3v) is 4.51. The topological polar surface area (TPSA) is 69.7 Å². The molecular weight excluding hydrogens is 356 g/mol. The lowest BCUT2D eigenvalue weighted by Gasteiger charge is -2.21. The van der Waals surface area contributed by atoms with Crippen molar-refractivity contribution in [2.75, 3.05) is 32.2 Å². The van der Waals surface area contributed by atoms with Gasteiger partial charge in [-0.25, -0.2) is 4.98 Å². The van der Waals surface area contributed by atoms with Crippen LogP contribution in [0.4, 0.5) is 5.69 Å². The van der Waals surface area contributed by atoms with Crippen LogP contribution in [0.15, 0.2) is 36.5 Å². The number of nitrogens with one attached hydrogen (secondary N) is 1. The first-order chi connectivity index (χ1) is 12.7. The number of carbonyl (C=O) groups is 1. The van der Waals surface area contributed by atoms with Gasteiger partial charge in [0.2, 0.25) is 5.88 Å².